The van der Waals surface area contributed by atoms with E-state index in [-0.39, 0.29) is 134 Å². The SMILES string of the molecule is Cc1ncsc1-c1ccc(CNC(=O)[C@@H]2C[C@@H](O)CN2C(=O)C(NC(=O)CCOCCOCCOCCOCCC(=O)N2CC=C(c3cc(NC(=O)c4c[nH]c(=O)cc4C(F)(F)F)c(N4C[C@@H](C)N(C)[C@@H](C)C4)cc3F)CC2)C(C)(C)C)cc1. The Kier molecular flexibility index (Phi) is 22.8. The lowest BCUT2D eigenvalue weighted by Crippen LogP contribution is -2.57. The number of carbonyl (C=O) groups excluding carboxylic acids is 5. The van der Waals surface area contributed by atoms with Gasteiger partial charge in [-0.05, 0) is 68.5 Å². The fourth-order valence-electron chi connectivity index (χ4n) is 10.3. The van der Waals surface area contributed by atoms with E-state index < -0.39 is 75.9 Å². The molecule has 2 aromatic carbocycles. The van der Waals surface area contributed by atoms with Crippen LogP contribution in [0.1, 0.15) is 93.0 Å². The summed E-state index contributed by atoms with van der Waals surface area (Å²) in [5, 5.41) is 18.9. The van der Waals surface area contributed by atoms with Crippen molar-refractivity contribution in [2.24, 2.45) is 5.41 Å². The number of aliphatic hydroxyl groups excluding tert-OH is 1. The van der Waals surface area contributed by atoms with E-state index in [0.717, 1.165) is 21.7 Å². The number of aryl methyl sites for hydroxylation is 1. The van der Waals surface area contributed by atoms with Crippen molar-refractivity contribution in [2.75, 3.05) is 103 Å². The topological polar surface area (TPSA) is 237 Å². The van der Waals surface area contributed by atoms with Crippen LogP contribution < -0.4 is 26.4 Å². The maximum Gasteiger partial charge on any atom is 0.417 e. The number of nitrogens with zero attached hydrogens (tertiary/aromatic N) is 5. The van der Waals surface area contributed by atoms with Crippen molar-refractivity contribution in [1.82, 2.24) is 35.3 Å². The van der Waals surface area contributed by atoms with E-state index in [1.165, 1.54) is 17.0 Å². The number of ether oxygens (including phenoxy) is 4. The van der Waals surface area contributed by atoms with Gasteiger partial charge in [-0.2, -0.15) is 13.2 Å². The predicted molar refractivity (Wildman–Crippen MR) is 309 cm³/mol. The molecule has 3 aliphatic rings. The van der Waals surface area contributed by atoms with Gasteiger partial charge in [-0.1, -0.05) is 51.1 Å². The Morgan fingerprint density at radius 3 is 2.10 bits per heavy atom. The highest BCUT2D eigenvalue weighted by Gasteiger charge is 2.45. The summed E-state index contributed by atoms with van der Waals surface area (Å²) in [6.07, 6.45) is -3.07. The summed E-state index contributed by atoms with van der Waals surface area (Å²) >= 11 is 1.56. The number of halogens is 4. The molecule has 1 unspecified atom stereocenters. The van der Waals surface area contributed by atoms with Crippen LogP contribution in [-0.4, -0.2) is 182 Å². The minimum atomic E-state index is -5.00. The number of β-amino-alcohol motifs (C(OH)–C–C–N with tert-alkyl or cyclic N) is 1. The Labute approximate surface area is 490 Å². The maximum absolute atomic E-state index is 16.1. The van der Waals surface area contributed by atoms with Gasteiger partial charge in [0.25, 0.3) is 5.91 Å². The molecule has 0 saturated carbocycles. The lowest BCUT2D eigenvalue weighted by atomic mass is 9.85. The molecular formula is C59H77F4N9O11S. The summed E-state index contributed by atoms with van der Waals surface area (Å²) < 4.78 is 80.3. The van der Waals surface area contributed by atoms with Crippen molar-refractivity contribution in [3.05, 3.63) is 104 Å². The van der Waals surface area contributed by atoms with Crippen LogP contribution >= 0.6 is 11.3 Å². The minimum Gasteiger partial charge on any atom is -0.391 e. The Balaban J connectivity index is 0.765. The number of likely N-dealkylation sites (tertiary alicyclic amines) is 1. The van der Waals surface area contributed by atoms with Crippen LogP contribution in [0.25, 0.3) is 16.0 Å². The number of likely N-dealkylation sites (N-methyl/N-ethyl adjacent to an activating group) is 1. The van der Waals surface area contributed by atoms with Gasteiger partial charge < -0.3 is 59.7 Å². The summed E-state index contributed by atoms with van der Waals surface area (Å²) in [6.45, 7) is 14.6. The van der Waals surface area contributed by atoms with Gasteiger partial charge in [0.05, 0.1) is 104 Å². The lowest BCUT2D eigenvalue weighted by Gasteiger charge is -2.44. The monoisotopic (exact) mass is 1200 g/mol. The van der Waals surface area contributed by atoms with E-state index in [1.807, 2.05) is 77.8 Å². The number of pyridine rings is 1. The van der Waals surface area contributed by atoms with Gasteiger partial charge in [-0.15, -0.1) is 11.3 Å². The first-order chi connectivity index (χ1) is 39.9. The van der Waals surface area contributed by atoms with Crippen molar-refractivity contribution >= 4 is 57.8 Å². The molecule has 25 heteroatoms. The van der Waals surface area contributed by atoms with Gasteiger partial charge in [0.15, 0.2) is 0 Å². The second kappa shape index (κ2) is 29.5. The molecule has 5 atom stereocenters. The van der Waals surface area contributed by atoms with Crippen LogP contribution in [0.4, 0.5) is 28.9 Å². The molecule has 0 radical (unpaired) electrons. The van der Waals surface area contributed by atoms with Crippen LogP contribution in [-0.2, 0) is 50.8 Å². The Morgan fingerprint density at radius 1 is 0.881 bits per heavy atom. The molecule has 458 valence electrons. The molecule has 20 nitrogen and oxygen atoms in total. The maximum atomic E-state index is 16.1. The van der Waals surface area contributed by atoms with Gasteiger partial charge in [0.1, 0.15) is 17.9 Å². The van der Waals surface area contributed by atoms with E-state index in [0.29, 0.717) is 36.6 Å². The third kappa shape index (κ3) is 17.5. The number of amides is 5. The normalized spacial score (nSPS) is 19.0. The van der Waals surface area contributed by atoms with Gasteiger partial charge in [0.2, 0.25) is 29.2 Å². The zero-order valence-corrected chi connectivity index (χ0v) is 49.4. The number of anilines is 2. The number of nitrogens with one attached hydrogen (secondary N) is 4. The number of carbonyl (C=O) groups is 5. The minimum absolute atomic E-state index is 0.0255. The first kappa shape index (κ1) is 64.9. The first-order valence-corrected chi connectivity index (χ1v) is 29.0. The molecule has 7 rings (SSSR count). The molecule has 5 heterocycles. The highest BCUT2D eigenvalue weighted by molar-refractivity contribution is 7.13. The molecule has 5 N–H and O–H groups in total. The number of rotatable bonds is 25. The first-order valence-electron chi connectivity index (χ1n) is 28.1. The van der Waals surface area contributed by atoms with E-state index >= 15 is 4.39 Å². The standard InChI is InChI=1S/C59H77F4N9O11S/c1-36-32-71(33-37(2)69(36)7)48-29-46(60)43(27-47(48)67-55(77)44-31-64-51(75)28-45(44)59(61,62)63)40-12-16-70(17-13-40)52(76)15-19-81-21-23-83-25-24-82-22-20-80-18-14-50(74)68-54(58(4,5)6)57(79)72-34-42(73)26-49(72)56(78)65-30-39-8-10-41(11-9-39)53-38(3)66-35-84-53/h8-12,27-29,31,35-37,42,49,54,73H,13-26,30,32-34H2,1-7H3,(H,64,75)(H,65,78)(H,67,77)(H,68,74)/t36-,37+,42-,49+,54?/m1/s1. The van der Waals surface area contributed by atoms with Crippen LogP contribution in [0, 0.1) is 18.2 Å². The molecule has 3 aliphatic heterocycles. The number of benzene rings is 2. The molecule has 2 aromatic heterocycles. The fraction of sp³-hybridized carbons (Fsp3) is 0.542. The van der Waals surface area contributed by atoms with E-state index in [2.05, 4.69) is 30.8 Å². The number of aromatic nitrogens is 2. The average molecular weight is 1200 g/mol. The average Bonchev–Trinajstić information content (AvgIpc) is 4.09. The summed E-state index contributed by atoms with van der Waals surface area (Å²) in [5.41, 5.74) is 1.78. The third-order valence-corrected chi connectivity index (χ3v) is 16.2. The summed E-state index contributed by atoms with van der Waals surface area (Å²) in [4.78, 5) is 93.5. The van der Waals surface area contributed by atoms with Crippen LogP contribution in [0.3, 0.4) is 0 Å². The number of aliphatic hydroxyl groups is 1. The van der Waals surface area contributed by atoms with Crippen molar-refractivity contribution < 1.29 is 65.6 Å². The second-order valence-corrected chi connectivity index (χ2v) is 23.3. The molecule has 2 fully saturated rings. The quantitative estimate of drug-likeness (QED) is 0.0377. The van der Waals surface area contributed by atoms with Crippen molar-refractivity contribution in [1.29, 1.82) is 0 Å². The van der Waals surface area contributed by atoms with Gasteiger partial charge in [-0.25, -0.2) is 9.37 Å². The van der Waals surface area contributed by atoms with Crippen LogP contribution in [0.2, 0.25) is 0 Å². The number of aromatic amines is 1. The van der Waals surface area contributed by atoms with E-state index in [9.17, 15) is 47.0 Å². The number of piperazine rings is 1. The zero-order chi connectivity index (χ0) is 60.9. The van der Waals surface area contributed by atoms with E-state index in [1.54, 1.807) is 27.8 Å². The largest absolute Gasteiger partial charge is 0.417 e. The highest BCUT2D eigenvalue weighted by Crippen LogP contribution is 2.38. The van der Waals surface area contributed by atoms with Crippen LogP contribution in [0.5, 0.6) is 0 Å². The van der Waals surface area contributed by atoms with Crippen LogP contribution in [0.15, 0.2) is 65.0 Å². The lowest BCUT2D eigenvalue weighted by molar-refractivity contribution is -0.144. The number of alkyl halides is 3. The summed E-state index contributed by atoms with van der Waals surface area (Å²) in [5.74, 6) is -3.17. The molecule has 5 amide bonds. The highest BCUT2D eigenvalue weighted by atomic mass is 32.1. The predicted octanol–water partition coefficient (Wildman–Crippen LogP) is 6.02. The second-order valence-electron chi connectivity index (χ2n) is 22.4. The molecule has 4 aromatic rings. The number of hydrogen-bond donors (Lipinski definition) is 5. The third-order valence-electron chi connectivity index (χ3n) is 15.2. The van der Waals surface area contributed by atoms with Gasteiger partial charge >= 0.3 is 6.18 Å². The molecule has 2 saturated heterocycles. The Bertz CT molecular complexity index is 3010. The molecule has 0 bridgehead atoms. The van der Waals surface area contributed by atoms with E-state index in [4.69, 9.17) is 18.9 Å². The number of hydrogen-bond acceptors (Lipinski definition) is 15. The zero-order valence-electron chi connectivity index (χ0n) is 48.6. The molecule has 84 heavy (non-hydrogen) atoms. The van der Waals surface area contributed by atoms with Gasteiger partial charge in [0, 0.05) is 82.0 Å². The summed E-state index contributed by atoms with van der Waals surface area (Å²) in [7, 11) is 1.97. The molecular weight excluding hydrogens is 1120 g/mol. The Morgan fingerprint density at radius 2 is 1.51 bits per heavy atom. The smallest absolute Gasteiger partial charge is 0.391 e. The van der Waals surface area contributed by atoms with Gasteiger partial charge in [-0.3, -0.25) is 33.7 Å². The summed E-state index contributed by atoms with van der Waals surface area (Å²) in [6, 6.07) is 8.99. The molecule has 0 spiro atoms. The Hall–Kier alpha value is -6.61. The molecule has 0 aliphatic carbocycles. The number of H-pyrrole nitrogens is 1. The van der Waals surface area contributed by atoms with Crippen molar-refractivity contribution in [3.8, 4) is 10.4 Å². The van der Waals surface area contributed by atoms with Crippen molar-refractivity contribution in [3.63, 3.8) is 0 Å². The van der Waals surface area contributed by atoms with Crippen molar-refractivity contribution in [2.45, 2.75) is 110 Å². The number of thiazole rings is 1. The fourth-order valence-corrected chi connectivity index (χ4v) is 11.1.